The SMILES string of the molecule is CN(C)c1ccc(C2=NNC(c3ccc(Br)cc3)=Nc3ccc(Cl)cc32)cc1. The van der Waals surface area contributed by atoms with Crippen molar-refractivity contribution in [2.24, 2.45) is 10.1 Å². The van der Waals surface area contributed by atoms with Gasteiger partial charge in [0.05, 0.1) is 5.69 Å². The van der Waals surface area contributed by atoms with E-state index in [1.54, 1.807) is 0 Å². The van der Waals surface area contributed by atoms with Crippen LogP contribution in [0.3, 0.4) is 0 Å². The largest absolute Gasteiger partial charge is 0.378 e. The van der Waals surface area contributed by atoms with Crippen LogP contribution in [0.15, 0.2) is 81.3 Å². The number of benzene rings is 3. The number of nitrogens with one attached hydrogen (secondary N) is 1. The summed E-state index contributed by atoms with van der Waals surface area (Å²) in [5, 5.41) is 5.33. The molecule has 0 saturated carbocycles. The molecule has 0 spiro atoms. The summed E-state index contributed by atoms with van der Waals surface area (Å²) in [6, 6.07) is 21.9. The van der Waals surface area contributed by atoms with E-state index in [1.165, 1.54) is 0 Å². The number of hydrogen-bond acceptors (Lipinski definition) is 4. The number of halogens is 2. The lowest BCUT2D eigenvalue weighted by Crippen LogP contribution is -2.19. The van der Waals surface area contributed by atoms with Gasteiger partial charge in [-0.05, 0) is 42.5 Å². The average molecular weight is 454 g/mol. The van der Waals surface area contributed by atoms with Crippen LogP contribution in [0.5, 0.6) is 0 Å². The van der Waals surface area contributed by atoms with E-state index in [2.05, 4.69) is 55.6 Å². The van der Waals surface area contributed by atoms with E-state index >= 15 is 0 Å². The molecule has 28 heavy (non-hydrogen) atoms. The van der Waals surface area contributed by atoms with Crippen molar-refractivity contribution in [2.45, 2.75) is 0 Å². The fourth-order valence-corrected chi connectivity index (χ4v) is 3.42. The molecule has 0 atom stereocenters. The zero-order valence-corrected chi connectivity index (χ0v) is 17.8. The number of anilines is 1. The minimum Gasteiger partial charge on any atom is -0.378 e. The van der Waals surface area contributed by atoms with Crippen molar-refractivity contribution in [1.82, 2.24) is 5.43 Å². The number of amidine groups is 1. The molecule has 0 aromatic heterocycles. The van der Waals surface area contributed by atoms with Gasteiger partial charge in [-0.1, -0.05) is 51.8 Å². The first-order chi connectivity index (χ1) is 13.5. The molecule has 0 unspecified atom stereocenters. The molecule has 0 fully saturated rings. The molecule has 140 valence electrons. The van der Waals surface area contributed by atoms with Crippen LogP contribution in [0.4, 0.5) is 11.4 Å². The number of hydrazone groups is 1. The van der Waals surface area contributed by atoms with Crippen molar-refractivity contribution >= 4 is 50.5 Å². The quantitative estimate of drug-likeness (QED) is 0.560. The molecule has 1 aliphatic rings. The van der Waals surface area contributed by atoms with Crippen LogP contribution < -0.4 is 10.3 Å². The maximum absolute atomic E-state index is 6.28. The summed E-state index contributed by atoms with van der Waals surface area (Å²) < 4.78 is 1.02. The highest BCUT2D eigenvalue weighted by Crippen LogP contribution is 2.29. The molecule has 1 aliphatic heterocycles. The standard InChI is InChI=1S/C22H18BrClN4/c1-28(2)18-10-5-14(6-11-18)21-19-13-17(24)9-12-20(19)25-22(27-26-21)15-3-7-16(23)8-4-15/h3-13H,1-2H3,(H,25,27). The summed E-state index contributed by atoms with van der Waals surface area (Å²) in [5.41, 5.74) is 8.74. The molecule has 0 radical (unpaired) electrons. The first-order valence-electron chi connectivity index (χ1n) is 8.77. The molecule has 0 aliphatic carbocycles. The molecule has 3 aromatic rings. The van der Waals surface area contributed by atoms with Crippen LogP contribution >= 0.6 is 27.5 Å². The van der Waals surface area contributed by atoms with E-state index in [0.717, 1.165) is 38.2 Å². The molecule has 4 rings (SSSR count). The number of fused-ring (bicyclic) bond motifs is 1. The monoisotopic (exact) mass is 452 g/mol. The molecule has 1 heterocycles. The van der Waals surface area contributed by atoms with Crippen molar-refractivity contribution < 1.29 is 0 Å². The smallest absolute Gasteiger partial charge is 0.154 e. The minimum atomic E-state index is 0.652. The molecular weight excluding hydrogens is 436 g/mol. The van der Waals surface area contributed by atoms with Crippen molar-refractivity contribution in [3.05, 3.63) is 92.9 Å². The van der Waals surface area contributed by atoms with Crippen LogP contribution in [0.2, 0.25) is 5.02 Å². The van der Waals surface area contributed by atoms with Gasteiger partial charge in [0.15, 0.2) is 5.84 Å². The van der Waals surface area contributed by atoms with Crippen LogP contribution in [0.1, 0.15) is 16.7 Å². The predicted molar refractivity (Wildman–Crippen MR) is 121 cm³/mol. The Morgan fingerprint density at radius 2 is 1.57 bits per heavy atom. The number of rotatable bonds is 3. The summed E-state index contributed by atoms with van der Waals surface area (Å²) in [5.74, 6) is 0.691. The van der Waals surface area contributed by atoms with E-state index in [0.29, 0.717) is 10.9 Å². The summed E-state index contributed by atoms with van der Waals surface area (Å²) in [4.78, 5) is 6.88. The molecular formula is C22H18BrClN4. The van der Waals surface area contributed by atoms with Crippen molar-refractivity contribution in [2.75, 3.05) is 19.0 Å². The molecule has 0 saturated heterocycles. The third-order valence-electron chi connectivity index (χ3n) is 4.49. The molecule has 3 aromatic carbocycles. The van der Waals surface area contributed by atoms with Crippen LogP contribution in [0.25, 0.3) is 0 Å². The second-order valence-electron chi connectivity index (χ2n) is 6.64. The van der Waals surface area contributed by atoms with E-state index in [4.69, 9.17) is 16.6 Å². The highest BCUT2D eigenvalue weighted by molar-refractivity contribution is 9.10. The van der Waals surface area contributed by atoms with Gasteiger partial charge in [0, 0.05) is 46.0 Å². The third kappa shape index (κ3) is 3.81. The van der Waals surface area contributed by atoms with Gasteiger partial charge in [-0.25, -0.2) is 4.99 Å². The van der Waals surface area contributed by atoms with E-state index in [1.807, 2.05) is 56.6 Å². The van der Waals surface area contributed by atoms with Gasteiger partial charge in [-0.3, -0.25) is 5.43 Å². The van der Waals surface area contributed by atoms with Crippen LogP contribution in [0, 0.1) is 0 Å². The summed E-state index contributed by atoms with van der Waals surface area (Å²) in [6.45, 7) is 0. The Bertz CT molecular complexity index is 1070. The van der Waals surface area contributed by atoms with Gasteiger partial charge in [0.25, 0.3) is 0 Å². The highest BCUT2D eigenvalue weighted by Gasteiger charge is 2.18. The fourth-order valence-electron chi connectivity index (χ4n) is 2.98. The summed E-state index contributed by atoms with van der Waals surface area (Å²) in [7, 11) is 4.04. The van der Waals surface area contributed by atoms with Gasteiger partial charge in [0.1, 0.15) is 5.71 Å². The summed E-state index contributed by atoms with van der Waals surface area (Å²) >= 11 is 9.75. The second-order valence-corrected chi connectivity index (χ2v) is 7.99. The highest BCUT2D eigenvalue weighted by atomic mass is 79.9. The number of aliphatic imine (C=N–C) groups is 1. The van der Waals surface area contributed by atoms with E-state index < -0.39 is 0 Å². The Hall–Kier alpha value is -2.63. The Labute approximate surface area is 177 Å². The van der Waals surface area contributed by atoms with Gasteiger partial charge in [0.2, 0.25) is 0 Å². The topological polar surface area (TPSA) is 40.0 Å². The van der Waals surface area contributed by atoms with Crippen LogP contribution in [-0.2, 0) is 0 Å². The van der Waals surface area contributed by atoms with Crippen molar-refractivity contribution in [3.8, 4) is 0 Å². The molecule has 0 amide bonds. The van der Waals surface area contributed by atoms with Gasteiger partial charge < -0.3 is 4.90 Å². The summed E-state index contributed by atoms with van der Waals surface area (Å²) in [6.07, 6.45) is 0. The lowest BCUT2D eigenvalue weighted by molar-refractivity contribution is 1.03. The van der Waals surface area contributed by atoms with Crippen molar-refractivity contribution in [3.63, 3.8) is 0 Å². The molecule has 0 bridgehead atoms. The second kappa shape index (κ2) is 7.78. The minimum absolute atomic E-state index is 0.652. The lowest BCUT2D eigenvalue weighted by atomic mass is 10.0. The lowest BCUT2D eigenvalue weighted by Gasteiger charge is -2.13. The third-order valence-corrected chi connectivity index (χ3v) is 5.26. The Morgan fingerprint density at radius 3 is 2.25 bits per heavy atom. The first-order valence-corrected chi connectivity index (χ1v) is 9.94. The molecule has 4 nitrogen and oxygen atoms in total. The molecule has 6 heteroatoms. The Balaban J connectivity index is 1.81. The van der Waals surface area contributed by atoms with Gasteiger partial charge in [-0.15, -0.1) is 0 Å². The zero-order chi connectivity index (χ0) is 19.7. The molecule has 1 N–H and O–H groups in total. The predicted octanol–water partition coefficient (Wildman–Crippen LogP) is 5.60. The normalized spacial score (nSPS) is 13.0. The van der Waals surface area contributed by atoms with Crippen molar-refractivity contribution in [1.29, 1.82) is 0 Å². The Morgan fingerprint density at radius 1 is 0.893 bits per heavy atom. The number of nitrogens with zero attached hydrogens (tertiary/aromatic N) is 3. The van der Waals surface area contributed by atoms with Gasteiger partial charge >= 0.3 is 0 Å². The van der Waals surface area contributed by atoms with Crippen LogP contribution in [-0.4, -0.2) is 25.6 Å². The van der Waals surface area contributed by atoms with E-state index in [-0.39, 0.29) is 0 Å². The maximum Gasteiger partial charge on any atom is 0.154 e. The Kier molecular flexibility index (Phi) is 5.20. The first kappa shape index (κ1) is 18.7. The maximum atomic E-state index is 6.28. The number of hydrogen-bond donors (Lipinski definition) is 1. The zero-order valence-electron chi connectivity index (χ0n) is 15.4. The fraction of sp³-hybridized carbons (Fsp3) is 0.0909. The van der Waals surface area contributed by atoms with Gasteiger partial charge in [-0.2, -0.15) is 5.10 Å². The van der Waals surface area contributed by atoms with E-state index in [9.17, 15) is 0 Å². The average Bonchev–Trinajstić information content (AvgIpc) is 2.88.